The molecule has 0 bridgehead atoms. The average Bonchev–Trinajstić information content (AvgIpc) is 2.49. The Hall–Kier alpha value is -1.64. The van der Waals surface area contributed by atoms with Crippen LogP contribution < -0.4 is 5.32 Å². The van der Waals surface area contributed by atoms with Crippen LogP contribution in [0.3, 0.4) is 0 Å². The zero-order valence-corrected chi connectivity index (χ0v) is 11.7. The van der Waals surface area contributed by atoms with Crippen molar-refractivity contribution in [2.45, 2.75) is 51.0 Å². The van der Waals surface area contributed by atoms with E-state index in [1.54, 1.807) is 0 Å². The lowest BCUT2D eigenvalue weighted by atomic mass is 9.83. The molecule has 2 aliphatic carbocycles. The number of fused-ring (bicyclic) bond motifs is 1. The van der Waals surface area contributed by atoms with Crippen LogP contribution >= 0.6 is 0 Å². The number of carbonyl (C=O) groups is 2. The lowest BCUT2D eigenvalue weighted by Crippen LogP contribution is -2.42. The smallest absolute Gasteiger partial charge is 0.223 e. The topological polar surface area (TPSA) is 46.2 Å². The minimum absolute atomic E-state index is 0.0996. The molecule has 1 atom stereocenters. The molecule has 3 heteroatoms. The molecule has 1 N–H and O–H groups in total. The molecular formula is C17H21NO2. The molecule has 106 valence electrons. The summed E-state index contributed by atoms with van der Waals surface area (Å²) < 4.78 is 0. The van der Waals surface area contributed by atoms with Gasteiger partial charge in [-0.2, -0.15) is 0 Å². The number of hydrogen-bond acceptors (Lipinski definition) is 2. The molecule has 0 saturated heterocycles. The first-order chi connectivity index (χ1) is 9.72. The van der Waals surface area contributed by atoms with Gasteiger partial charge in [0.2, 0.25) is 5.91 Å². The second-order valence-corrected chi connectivity index (χ2v) is 6.03. The van der Waals surface area contributed by atoms with Crippen molar-refractivity contribution in [2.24, 2.45) is 5.92 Å². The lowest BCUT2D eigenvalue weighted by Gasteiger charge is -2.28. The van der Waals surface area contributed by atoms with Crippen LogP contribution in [0.4, 0.5) is 0 Å². The molecule has 0 radical (unpaired) electrons. The van der Waals surface area contributed by atoms with Crippen LogP contribution in [0.2, 0.25) is 0 Å². The second kappa shape index (κ2) is 5.78. The van der Waals surface area contributed by atoms with Gasteiger partial charge in [-0.1, -0.05) is 24.3 Å². The Bertz CT molecular complexity index is 513. The molecule has 1 amide bonds. The van der Waals surface area contributed by atoms with Crippen molar-refractivity contribution in [3.05, 3.63) is 35.4 Å². The van der Waals surface area contributed by atoms with Gasteiger partial charge in [-0.05, 0) is 43.2 Å². The van der Waals surface area contributed by atoms with Crippen LogP contribution in [0.15, 0.2) is 24.3 Å². The summed E-state index contributed by atoms with van der Waals surface area (Å²) >= 11 is 0. The molecule has 2 aliphatic rings. The number of hydrogen-bond donors (Lipinski definition) is 1. The van der Waals surface area contributed by atoms with E-state index >= 15 is 0 Å². The standard InChI is InChI=1S/C17H21NO2/c19-16-9-7-15(8-10-16)18-17(20)14-6-5-12-3-1-2-4-13(12)11-14/h1-4,14-15H,5-11H2,(H,18,20). The summed E-state index contributed by atoms with van der Waals surface area (Å²) in [5.74, 6) is 0.614. The first kappa shape index (κ1) is 13.3. The fraction of sp³-hybridized carbons (Fsp3) is 0.529. The van der Waals surface area contributed by atoms with Crippen LogP contribution in [0.25, 0.3) is 0 Å². The van der Waals surface area contributed by atoms with Gasteiger partial charge in [0, 0.05) is 24.8 Å². The minimum Gasteiger partial charge on any atom is -0.353 e. The van der Waals surface area contributed by atoms with Crippen molar-refractivity contribution in [3.63, 3.8) is 0 Å². The van der Waals surface area contributed by atoms with Gasteiger partial charge in [-0.25, -0.2) is 0 Å². The minimum atomic E-state index is 0.0996. The van der Waals surface area contributed by atoms with E-state index in [1.807, 2.05) is 6.07 Å². The van der Waals surface area contributed by atoms with Gasteiger partial charge in [0.1, 0.15) is 5.78 Å². The molecule has 1 fully saturated rings. The van der Waals surface area contributed by atoms with Crippen molar-refractivity contribution < 1.29 is 9.59 Å². The van der Waals surface area contributed by atoms with Crippen molar-refractivity contribution in [2.75, 3.05) is 0 Å². The molecule has 3 rings (SSSR count). The summed E-state index contributed by atoms with van der Waals surface area (Å²) in [4.78, 5) is 23.6. The highest BCUT2D eigenvalue weighted by Gasteiger charge is 2.27. The van der Waals surface area contributed by atoms with Crippen LogP contribution in [-0.2, 0) is 22.4 Å². The number of aryl methyl sites for hydroxylation is 1. The molecule has 20 heavy (non-hydrogen) atoms. The highest BCUT2D eigenvalue weighted by molar-refractivity contribution is 5.81. The molecule has 0 spiro atoms. The average molecular weight is 271 g/mol. The van der Waals surface area contributed by atoms with E-state index in [0.29, 0.717) is 18.6 Å². The van der Waals surface area contributed by atoms with E-state index < -0.39 is 0 Å². The van der Waals surface area contributed by atoms with Crippen molar-refractivity contribution in [1.82, 2.24) is 5.32 Å². The zero-order valence-electron chi connectivity index (χ0n) is 11.7. The molecule has 1 unspecified atom stereocenters. The van der Waals surface area contributed by atoms with Crippen molar-refractivity contribution in [1.29, 1.82) is 0 Å². The van der Waals surface area contributed by atoms with Crippen LogP contribution in [0.5, 0.6) is 0 Å². The van der Waals surface area contributed by atoms with E-state index in [0.717, 1.165) is 32.1 Å². The third kappa shape index (κ3) is 2.92. The number of carbonyl (C=O) groups excluding carboxylic acids is 2. The Morgan fingerprint density at radius 2 is 1.70 bits per heavy atom. The van der Waals surface area contributed by atoms with Gasteiger partial charge in [0.25, 0.3) is 0 Å². The van der Waals surface area contributed by atoms with E-state index in [2.05, 4.69) is 23.5 Å². The van der Waals surface area contributed by atoms with Crippen LogP contribution in [0.1, 0.15) is 43.2 Å². The van der Waals surface area contributed by atoms with Crippen molar-refractivity contribution >= 4 is 11.7 Å². The third-order valence-electron chi connectivity index (χ3n) is 4.61. The molecule has 1 aromatic rings. The Kier molecular flexibility index (Phi) is 3.86. The largest absolute Gasteiger partial charge is 0.353 e. The molecule has 1 saturated carbocycles. The molecule has 0 heterocycles. The number of nitrogens with one attached hydrogen (secondary N) is 1. The number of ketones is 1. The molecule has 0 aliphatic heterocycles. The number of benzene rings is 1. The summed E-state index contributed by atoms with van der Waals surface area (Å²) in [6.45, 7) is 0. The first-order valence-electron chi connectivity index (χ1n) is 7.61. The van der Waals surface area contributed by atoms with Crippen LogP contribution in [-0.4, -0.2) is 17.7 Å². The van der Waals surface area contributed by atoms with Crippen molar-refractivity contribution in [3.8, 4) is 0 Å². The van der Waals surface area contributed by atoms with Crippen LogP contribution in [0, 0.1) is 5.92 Å². The predicted octanol–water partition coefficient (Wildman–Crippen LogP) is 2.42. The molecule has 3 nitrogen and oxygen atoms in total. The van der Waals surface area contributed by atoms with E-state index in [4.69, 9.17) is 0 Å². The Morgan fingerprint density at radius 1 is 1.00 bits per heavy atom. The Balaban J connectivity index is 1.57. The zero-order chi connectivity index (χ0) is 13.9. The predicted molar refractivity (Wildman–Crippen MR) is 77.4 cm³/mol. The van der Waals surface area contributed by atoms with E-state index in [-0.39, 0.29) is 17.9 Å². The van der Waals surface area contributed by atoms with Gasteiger partial charge in [-0.3, -0.25) is 9.59 Å². The van der Waals surface area contributed by atoms with E-state index in [9.17, 15) is 9.59 Å². The van der Waals surface area contributed by atoms with Gasteiger partial charge in [0.15, 0.2) is 0 Å². The summed E-state index contributed by atoms with van der Waals surface area (Å²) in [6, 6.07) is 8.62. The maximum Gasteiger partial charge on any atom is 0.223 e. The van der Waals surface area contributed by atoms with Gasteiger partial charge < -0.3 is 5.32 Å². The first-order valence-corrected chi connectivity index (χ1v) is 7.61. The van der Waals surface area contributed by atoms with E-state index in [1.165, 1.54) is 11.1 Å². The fourth-order valence-electron chi connectivity index (χ4n) is 3.32. The Morgan fingerprint density at radius 3 is 2.45 bits per heavy atom. The van der Waals surface area contributed by atoms with Gasteiger partial charge in [-0.15, -0.1) is 0 Å². The SMILES string of the molecule is O=C1CCC(NC(=O)C2CCc3ccccc3C2)CC1. The van der Waals surface area contributed by atoms with Gasteiger partial charge >= 0.3 is 0 Å². The monoisotopic (exact) mass is 271 g/mol. The molecule has 0 aromatic heterocycles. The Labute approximate surface area is 119 Å². The maximum atomic E-state index is 12.4. The second-order valence-electron chi connectivity index (χ2n) is 6.03. The summed E-state index contributed by atoms with van der Waals surface area (Å²) in [5, 5.41) is 3.15. The number of rotatable bonds is 2. The summed E-state index contributed by atoms with van der Waals surface area (Å²) in [6.07, 6.45) is 5.66. The maximum absolute atomic E-state index is 12.4. The molecular weight excluding hydrogens is 250 g/mol. The fourth-order valence-corrected chi connectivity index (χ4v) is 3.32. The molecule has 1 aromatic carbocycles. The quantitative estimate of drug-likeness (QED) is 0.898. The highest BCUT2D eigenvalue weighted by atomic mass is 16.2. The normalized spacial score (nSPS) is 23.2. The third-order valence-corrected chi connectivity index (χ3v) is 4.61. The van der Waals surface area contributed by atoms with Gasteiger partial charge in [0.05, 0.1) is 0 Å². The number of amides is 1. The summed E-state index contributed by atoms with van der Waals surface area (Å²) in [5.41, 5.74) is 2.71. The lowest BCUT2D eigenvalue weighted by molar-refractivity contribution is -0.127. The number of Topliss-reactive ketones (excluding diaryl/α,β-unsaturated/α-hetero) is 1. The summed E-state index contributed by atoms with van der Waals surface area (Å²) in [7, 11) is 0. The highest BCUT2D eigenvalue weighted by Crippen LogP contribution is 2.26.